The Kier molecular flexibility index (Phi) is 6.23. The molecule has 0 aliphatic carbocycles. The van der Waals surface area contributed by atoms with E-state index in [2.05, 4.69) is 15.2 Å². The first-order chi connectivity index (χ1) is 13.4. The van der Waals surface area contributed by atoms with Crippen LogP contribution in [0.3, 0.4) is 0 Å². The van der Waals surface area contributed by atoms with Crippen LogP contribution in [0, 0.1) is 13.8 Å². The molecule has 1 atom stereocenters. The third kappa shape index (κ3) is 4.30. The van der Waals surface area contributed by atoms with Crippen molar-refractivity contribution in [2.24, 2.45) is 0 Å². The molecule has 1 fully saturated rings. The lowest BCUT2D eigenvalue weighted by Gasteiger charge is -2.31. The third-order valence-electron chi connectivity index (χ3n) is 5.16. The minimum absolute atomic E-state index is 0.0236. The number of ether oxygens (including phenoxy) is 1. The van der Waals surface area contributed by atoms with Crippen molar-refractivity contribution in [1.29, 1.82) is 0 Å². The maximum atomic E-state index is 12.8. The smallest absolute Gasteiger partial charge is 0.244 e. The Morgan fingerprint density at radius 3 is 2.79 bits per heavy atom. The number of aryl methyl sites for hydroxylation is 1. The van der Waals surface area contributed by atoms with Gasteiger partial charge >= 0.3 is 0 Å². The summed E-state index contributed by atoms with van der Waals surface area (Å²) in [7, 11) is 1.63. The third-order valence-corrected chi connectivity index (χ3v) is 5.16. The van der Waals surface area contributed by atoms with E-state index in [9.17, 15) is 9.59 Å². The molecule has 0 saturated carbocycles. The number of piperidine rings is 1. The molecule has 1 aliphatic rings. The van der Waals surface area contributed by atoms with E-state index >= 15 is 0 Å². The van der Waals surface area contributed by atoms with Gasteiger partial charge in [-0.3, -0.25) is 14.3 Å². The molecule has 0 bridgehead atoms. The first kappa shape index (κ1) is 20.2. The van der Waals surface area contributed by atoms with Crippen LogP contribution in [-0.4, -0.2) is 63.3 Å². The molecule has 1 amide bonds. The lowest BCUT2D eigenvalue weighted by atomic mass is 9.98. The number of likely N-dealkylation sites (tertiary alicyclic amines) is 1. The number of ketones is 1. The van der Waals surface area contributed by atoms with Crippen molar-refractivity contribution in [3.8, 4) is 0 Å². The number of carbonyl (C=O) groups excluding carboxylic acids is 2. The summed E-state index contributed by atoms with van der Waals surface area (Å²) < 4.78 is 12.1. The van der Waals surface area contributed by atoms with Gasteiger partial charge in [0.05, 0.1) is 23.8 Å². The number of hydrogen-bond donors (Lipinski definition) is 0. The van der Waals surface area contributed by atoms with Gasteiger partial charge in [0.1, 0.15) is 6.54 Å². The summed E-state index contributed by atoms with van der Waals surface area (Å²) >= 11 is 0. The van der Waals surface area contributed by atoms with Crippen LogP contribution in [0.2, 0.25) is 0 Å². The van der Waals surface area contributed by atoms with Crippen molar-refractivity contribution in [3.05, 3.63) is 28.7 Å². The molecule has 28 heavy (non-hydrogen) atoms. The van der Waals surface area contributed by atoms with Gasteiger partial charge in [0.15, 0.2) is 11.6 Å². The van der Waals surface area contributed by atoms with Gasteiger partial charge in [0, 0.05) is 32.3 Å². The first-order valence-electron chi connectivity index (χ1n) is 9.54. The van der Waals surface area contributed by atoms with Crippen LogP contribution in [0.25, 0.3) is 0 Å². The molecule has 3 heterocycles. The van der Waals surface area contributed by atoms with E-state index < -0.39 is 0 Å². The minimum atomic E-state index is -0.0348. The van der Waals surface area contributed by atoms with Crippen molar-refractivity contribution >= 4 is 11.7 Å². The summed E-state index contributed by atoms with van der Waals surface area (Å²) in [5.74, 6) is 1.18. The average Bonchev–Trinajstić information content (AvgIpc) is 3.24. The molecule has 1 unspecified atom stereocenters. The van der Waals surface area contributed by atoms with Crippen LogP contribution >= 0.6 is 0 Å². The molecule has 1 saturated heterocycles. The SMILES string of the molecule is COCCc1noc(C2CCCN(C(=O)Cn3nc(C)c(C(C)=O)c3C)C2)n1. The number of hydrogen-bond acceptors (Lipinski definition) is 7. The molecule has 2 aromatic rings. The topological polar surface area (TPSA) is 103 Å². The number of amides is 1. The summed E-state index contributed by atoms with van der Waals surface area (Å²) in [5.41, 5.74) is 1.98. The summed E-state index contributed by atoms with van der Waals surface area (Å²) in [4.78, 5) is 30.9. The van der Waals surface area contributed by atoms with Crippen molar-refractivity contribution in [2.45, 2.75) is 52.5 Å². The lowest BCUT2D eigenvalue weighted by Crippen LogP contribution is -2.41. The van der Waals surface area contributed by atoms with E-state index in [1.54, 1.807) is 18.7 Å². The molecule has 0 spiro atoms. The monoisotopic (exact) mass is 389 g/mol. The largest absolute Gasteiger partial charge is 0.384 e. The van der Waals surface area contributed by atoms with E-state index in [1.165, 1.54) is 6.92 Å². The molecule has 2 aromatic heterocycles. The fraction of sp³-hybridized carbons (Fsp3) is 0.632. The van der Waals surface area contributed by atoms with Gasteiger partial charge < -0.3 is 14.2 Å². The fourth-order valence-electron chi connectivity index (χ4n) is 3.72. The second-order valence-corrected chi connectivity index (χ2v) is 7.23. The number of nitrogens with zero attached hydrogens (tertiary/aromatic N) is 5. The highest BCUT2D eigenvalue weighted by molar-refractivity contribution is 5.96. The predicted molar refractivity (Wildman–Crippen MR) is 100 cm³/mol. The van der Waals surface area contributed by atoms with Gasteiger partial charge in [-0.05, 0) is 33.6 Å². The Balaban J connectivity index is 1.65. The van der Waals surface area contributed by atoms with E-state index in [4.69, 9.17) is 9.26 Å². The van der Waals surface area contributed by atoms with E-state index in [0.717, 1.165) is 18.5 Å². The van der Waals surface area contributed by atoms with E-state index in [0.29, 0.717) is 49.1 Å². The van der Waals surface area contributed by atoms with Gasteiger partial charge in [0.25, 0.3) is 0 Å². The van der Waals surface area contributed by atoms with Gasteiger partial charge in [-0.2, -0.15) is 10.1 Å². The van der Waals surface area contributed by atoms with E-state index in [-0.39, 0.29) is 24.2 Å². The highest BCUT2D eigenvalue weighted by Gasteiger charge is 2.29. The van der Waals surface area contributed by atoms with Crippen LogP contribution in [-0.2, 0) is 22.5 Å². The molecule has 9 heteroatoms. The Morgan fingerprint density at radius 2 is 2.11 bits per heavy atom. The van der Waals surface area contributed by atoms with Crippen LogP contribution in [0.4, 0.5) is 0 Å². The van der Waals surface area contributed by atoms with Crippen molar-refractivity contribution in [2.75, 3.05) is 26.8 Å². The molecular formula is C19H27N5O4. The highest BCUT2D eigenvalue weighted by Crippen LogP contribution is 2.26. The molecular weight excluding hydrogens is 362 g/mol. The zero-order valence-electron chi connectivity index (χ0n) is 16.9. The molecule has 152 valence electrons. The highest BCUT2D eigenvalue weighted by atomic mass is 16.5. The Bertz CT molecular complexity index is 857. The first-order valence-corrected chi connectivity index (χ1v) is 9.54. The Hall–Kier alpha value is -2.55. The van der Waals surface area contributed by atoms with Gasteiger partial charge in [0.2, 0.25) is 11.8 Å². The molecule has 0 radical (unpaired) electrons. The van der Waals surface area contributed by atoms with Crippen molar-refractivity contribution in [1.82, 2.24) is 24.8 Å². The number of aromatic nitrogens is 4. The second-order valence-electron chi connectivity index (χ2n) is 7.23. The molecule has 3 rings (SSSR count). The summed E-state index contributed by atoms with van der Waals surface area (Å²) in [5, 5.41) is 8.36. The normalized spacial score (nSPS) is 17.1. The van der Waals surface area contributed by atoms with Crippen LogP contribution in [0.1, 0.15) is 59.1 Å². The number of carbonyl (C=O) groups is 2. The summed E-state index contributed by atoms with van der Waals surface area (Å²) in [6.07, 6.45) is 2.39. The predicted octanol–water partition coefficient (Wildman–Crippen LogP) is 1.68. The summed E-state index contributed by atoms with van der Waals surface area (Å²) in [6.45, 7) is 7.03. The Labute approximate surface area is 164 Å². The van der Waals surface area contributed by atoms with Crippen LogP contribution in [0.5, 0.6) is 0 Å². The number of methoxy groups -OCH3 is 1. The maximum absolute atomic E-state index is 12.8. The minimum Gasteiger partial charge on any atom is -0.384 e. The van der Waals surface area contributed by atoms with Gasteiger partial charge in [-0.25, -0.2) is 0 Å². The number of rotatable bonds is 7. The molecule has 0 N–H and O–H groups in total. The van der Waals surface area contributed by atoms with Gasteiger partial charge in [-0.1, -0.05) is 5.16 Å². The van der Waals surface area contributed by atoms with Crippen molar-refractivity contribution < 1.29 is 18.8 Å². The van der Waals surface area contributed by atoms with Crippen molar-refractivity contribution in [3.63, 3.8) is 0 Å². The van der Waals surface area contributed by atoms with E-state index in [1.807, 2.05) is 11.8 Å². The number of Topliss-reactive ketones (excluding diaryl/α,β-unsaturated/α-hetero) is 1. The molecule has 0 aromatic carbocycles. The lowest BCUT2D eigenvalue weighted by molar-refractivity contribution is -0.133. The van der Waals surface area contributed by atoms with Gasteiger partial charge in [-0.15, -0.1) is 0 Å². The zero-order valence-corrected chi connectivity index (χ0v) is 16.9. The Morgan fingerprint density at radius 1 is 1.32 bits per heavy atom. The van der Waals surface area contributed by atoms with Crippen LogP contribution in [0.15, 0.2) is 4.52 Å². The standard InChI is InChI=1S/C19H27N5O4/c1-12-18(14(3)25)13(2)24(21-12)11-17(26)23-8-5-6-15(10-23)19-20-16(22-28-19)7-9-27-4/h15H,5-11H2,1-4H3. The molecule has 1 aliphatic heterocycles. The van der Waals surface area contributed by atoms with Crippen LogP contribution < -0.4 is 0 Å². The zero-order chi connectivity index (χ0) is 20.3. The average molecular weight is 389 g/mol. The summed E-state index contributed by atoms with van der Waals surface area (Å²) in [6, 6.07) is 0. The molecule has 9 nitrogen and oxygen atoms in total. The second kappa shape index (κ2) is 8.64. The fourth-order valence-corrected chi connectivity index (χ4v) is 3.72. The quantitative estimate of drug-likeness (QED) is 0.664. The maximum Gasteiger partial charge on any atom is 0.244 e.